The summed E-state index contributed by atoms with van der Waals surface area (Å²) in [6, 6.07) is 3.79. The molecule has 0 aliphatic heterocycles. The molecule has 7 heteroatoms. The number of hydrogen-bond donors (Lipinski definition) is 1. The topological polar surface area (TPSA) is 81.5 Å². The van der Waals surface area contributed by atoms with Crippen LogP contribution in [0.5, 0.6) is 0 Å². The molecule has 0 aromatic heterocycles. The van der Waals surface area contributed by atoms with Crippen molar-refractivity contribution in [1.82, 2.24) is 5.32 Å². The minimum atomic E-state index is -0.561. The number of unbranched alkanes of at least 4 members (excludes halogenated alkanes) is 1. The van der Waals surface area contributed by atoms with Crippen molar-refractivity contribution in [2.24, 2.45) is 0 Å². The van der Waals surface area contributed by atoms with E-state index >= 15 is 0 Å². The second kappa shape index (κ2) is 9.31. The number of rotatable bonds is 9. The average molecular weight is 315 g/mol. The second-order valence-corrected chi connectivity index (χ2v) is 4.90. The van der Waals surface area contributed by atoms with Gasteiger partial charge in [-0.05, 0) is 18.9 Å². The Morgan fingerprint density at radius 1 is 1.38 bits per heavy atom. The van der Waals surface area contributed by atoms with Crippen molar-refractivity contribution in [3.05, 3.63) is 38.9 Å². The fraction of sp³-hybridized carbons (Fsp3) is 0.500. The summed E-state index contributed by atoms with van der Waals surface area (Å²) in [5, 5.41) is 13.5. The van der Waals surface area contributed by atoms with Crippen LogP contribution in [0.15, 0.2) is 18.2 Å². The van der Waals surface area contributed by atoms with Gasteiger partial charge in [0.2, 0.25) is 0 Å². The standard InChI is InChI=1S/C14H19ClN2O4/c1-2-3-8-21-9-4-7-16-14(18)12-10-11(17(19)20)5-6-13(12)15/h5-6,10H,2-4,7-9H2,1H3,(H,16,18). The summed E-state index contributed by atoms with van der Waals surface area (Å²) in [4.78, 5) is 22.0. The van der Waals surface area contributed by atoms with Gasteiger partial charge in [0.25, 0.3) is 11.6 Å². The SMILES string of the molecule is CCCCOCCCNC(=O)c1cc([N+](=O)[O-])ccc1Cl. The second-order valence-electron chi connectivity index (χ2n) is 4.50. The van der Waals surface area contributed by atoms with E-state index < -0.39 is 10.8 Å². The minimum absolute atomic E-state index is 0.109. The van der Waals surface area contributed by atoms with E-state index in [1.807, 2.05) is 0 Å². The summed E-state index contributed by atoms with van der Waals surface area (Å²) in [6.45, 7) is 3.82. The maximum absolute atomic E-state index is 11.9. The average Bonchev–Trinajstić information content (AvgIpc) is 2.46. The Bertz CT molecular complexity index is 494. The third-order valence-corrected chi connectivity index (χ3v) is 3.13. The first-order chi connectivity index (χ1) is 10.1. The molecule has 1 rings (SSSR count). The van der Waals surface area contributed by atoms with Gasteiger partial charge in [0.15, 0.2) is 0 Å². The zero-order valence-electron chi connectivity index (χ0n) is 11.9. The van der Waals surface area contributed by atoms with Gasteiger partial charge in [-0.3, -0.25) is 14.9 Å². The predicted molar refractivity (Wildman–Crippen MR) is 80.8 cm³/mol. The zero-order valence-corrected chi connectivity index (χ0v) is 12.7. The van der Waals surface area contributed by atoms with Crippen LogP contribution in [0.25, 0.3) is 0 Å². The maximum atomic E-state index is 11.9. The largest absolute Gasteiger partial charge is 0.381 e. The third-order valence-electron chi connectivity index (χ3n) is 2.80. The van der Waals surface area contributed by atoms with E-state index in [1.165, 1.54) is 18.2 Å². The number of ether oxygens (including phenoxy) is 1. The number of non-ortho nitro benzene ring substituents is 1. The van der Waals surface area contributed by atoms with Gasteiger partial charge in [0.05, 0.1) is 15.5 Å². The number of amides is 1. The smallest absolute Gasteiger partial charge is 0.270 e. The summed E-state index contributed by atoms with van der Waals surface area (Å²) >= 11 is 5.88. The maximum Gasteiger partial charge on any atom is 0.270 e. The first-order valence-corrected chi connectivity index (χ1v) is 7.24. The van der Waals surface area contributed by atoms with Gasteiger partial charge in [0.1, 0.15) is 0 Å². The van der Waals surface area contributed by atoms with Crippen LogP contribution in [0.1, 0.15) is 36.5 Å². The zero-order chi connectivity index (χ0) is 15.7. The lowest BCUT2D eigenvalue weighted by atomic mass is 10.2. The molecule has 0 fully saturated rings. The molecule has 0 saturated heterocycles. The van der Waals surface area contributed by atoms with Crippen LogP contribution >= 0.6 is 11.6 Å². The minimum Gasteiger partial charge on any atom is -0.381 e. The molecule has 116 valence electrons. The lowest BCUT2D eigenvalue weighted by molar-refractivity contribution is -0.384. The molecule has 1 N–H and O–H groups in total. The quantitative estimate of drug-likeness (QED) is 0.431. The molecule has 0 bridgehead atoms. The van der Waals surface area contributed by atoms with Gasteiger partial charge in [-0.1, -0.05) is 24.9 Å². The molecule has 0 unspecified atom stereocenters. The van der Waals surface area contributed by atoms with Crippen LogP contribution in [0.2, 0.25) is 5.02 Å². The van der Waals surface area contributed by atoms with Gasteiger partial charge in [-0.25, -0.2) is 0 Å². The van der Waals surface area contributed by atoms with Crippen molar-refractivity contribution in [3.8, 4) is 0 Å². The molecule has 0 atom stereocenters. The van der Waals surface area contributed by atoms with Crippen molar-refractivity contribution in [2.75, 3.05) is 19.8 Å². The van der Waals surface area contributed by atoms with E-state index in [4.69, 9.17) is 16.3 Å². The lowest BCUT2D eigenvalue weighted by Crippen LogP contribution is -2.25. The Morgan fingerprint density at radius 2 is 2.10 bits per heavy atom. The molecule has 0 aliphatic rings. The lowest BCUT2D eigenvalue weighted by Gasteiger charge is -2.07. The van der Waals surface area contributed by atoms with Crippen LogP contribution in [-0.4, -0.2) is 30.6 Å². The van der Waals surface area contributed by atoms with Gasteiger partial charge in [-0.2, -0.15) is 0 Å². The summed E-state index contributed by atoms with van der Waals surface area (Å²) < 4.78 is 5.37. The van der Waals surface area contributed by atoms with Gasteiger partial charge >= 0.3 is 0 Å². The van der Waals surface area contributed by atoms with Gasteiger partial charge in [0, 0.05) is 31.9 Å². The van der Waals surface area contributed by atoms with E-state index in [0.717, 1.165) is 19.4 Å². The van der Waals surface area contributed by atoms with E-state index in [9.17, 15) is 14.9 Å². The van der Waals surface area contributed by atoms with Crippen molar-refractivity contribution in [1.29, 1.82) is 0 Å². The highest BCUT2D eigenvalue weighted by molar-refractivity contribution is 6.33. The normalized spacial score (nSPS) is 10.4. The van der Waals surface area contributed by atoms with Crippen LogP contribution < -0.4 is 5.32 Å². The molecular formula is C14H19ClN2O4. The summed E-state index contributed by atoms with van der Waals surface area (Å²) in [6.07, 6.45) is 2.79. The van der Waals surface area contributed by atoms with Gasteiger partial charge in [-0.15, -0.1) is 0 Å². The number of nitro benzene ring substituents is 1. The van der Waals surface area contributed by atoms with Crippen molar-refractivity contribution in [2.45, 2.75) is 26.2 Å². The molecule has 1 aromatic carbocycles. The Hall–Kier alpha value is -1.66. The highest BCUT2D eigenvalue weighted by atomic mass is 35.5. The highest BCUT2D eigenvalue weighted by Gasteiger charge is 2.15. The number of nitrogens with one attached hydrogen (secondary N) is 1. The molecule has 1 amide bonds. The number of hydrogen-bond acceptors (Lipinski definition) is 4. The summed E-state index contributed by atoms with van der Waals surface area (Å²) in [7, 11) is 0. The first-order valence-electron chi connectivity index (χ1n) is 6.86. The number of benzene rings is 1. The van der Waals surface area contributed by atoms with E-state index in [1.54, 1.807) is 0 Å². The summed E-state index contributed by atoms with van der Waals surface area (Å²) in [5.41, 5.74) is -0.0507. The Kier molecular flexibility index (Phi) is 7.71. The van der Waals surface area contributed by atoms with Crippen molar-refractivity contribution < 1.29 is 14.5 Å². The number of nitrogens with zero attached hydrogens (tertiary/aromatic N) is 1. The molecular weight excluding hydrogens is 296 g/mol. The number of nitro groups is 1. The predicted octanol–water partition coefficient (Wildman–Crippen LogP) is 3.18. The molecule has 6 nitrogen and oxygen atoms in total. The number of carbonyl (C=O) groups excluding carboxylic acids is 1. The highest BCUT2D eigenvalue weighted by Crippen LogP contribution is 2.21. The molecule has 1 aromatic rings. The van der Waals surface area contributed by atoms with E-state index in [-0.39, 0.29) is 16.3 Å². The van der Waals surface area contributed by atoms with E-state index in [2.05, 4.69) is 12.2 Å². The molecule has 21 heavy (non-hydrogen) atoms. The monoisotopic (exact) mass is 314 g/mol. The Labute approximate surface area is 128 Å². The molecule has 0 spiro atoms. The van der Waals surface area contributed by atoms with Crippen molar-refractivity contribution in [3.63, 3.8) is 0 Å². The summed E-state index contributed by atoms with van der Waals surface area (Å²) in [5.74, 6) is -0.419. The van der Waals surface area contributed by atoms with Crippen LogP contribution in [0.4, 0.5) is 5.69 Å². The number of carbonyl (C=O) groups is 1. The molecule has 0 aliphatic carbocycles. The fourth-order valence-electron chi connectivity index (χ4n) is 1.62. The van der Waals surface area contributed by atoms with E-state index in [0.29, 0.717) is 19.6 Å². The molecule has 0 radical (unpaired) electrons. The van der Waals surface area contributed by atoms with Crippen LogP contribution in [0, 0.1) is 10.1 Å². The fourth-order valence-corrected chi connectivity index (χ4v) is 1.82. The van der Waals surface area contributed by atoms with Gasteiger partial charge < -0.3 is 10.1 Å². The molecule has 0 heterocycles. The molecule has 0 saturated carbocycles. The van der Waals surface area contributed by atoms with Crippen LogP contribution in [-0.2, 0) is 4.74 Å². The van der Waals surface area contributed by atoms with Crippen molar-refractivity contribution >= 4 is 23.2 Å². The Morgan fingerprint density at radius 3 is 2.76 bits per heavy atom. The van der Waals surface area contributed by atoms with Crippen LogP contribution in [0.3, 0.4) is 0 Å². The first kappa shape index (κ1) is 17.4. The Balaban J connectivity index is 2.41. The third kappa shape index (κ3) is 6.10. The number of halogens is 1.